The fraction of sp³-hybridized carbons (Fsp3) is 0.333. The van der Waals surface area contributed by atoms with E-state index in [9.17, 15) is 28.3 Å². The number of benzene rings is 1. The van der Waals surface area contributed by atoms with Gasteiger partial charge in [-0.2, -0.15) is 0 Å². The van der Waals surface area contributed by atoms with Gasteiger partial charge in [-0.05, 0) is 58.4 Å². The number of hydrogen-bond donors (Lipinski definition) is 3. The molecule has 3 amide bonds. The summed E-state index contributed by atoms with van der Waals surface area (Å²) in [6, 6.07) is 5.13. The van der Waals surface area contributed by atoms with Gasteiger partial charge in [-0.1, -0.05) is 6.07 Å². The minimum Gasteiger partial charge on any atom is -0.485 e. The number of hydrogen-bond acceptors (Lipinski definition) is 5. The molecule has 0 unspecified atom stereocenters. The summed E-state index contributed by atoms with van der Waals surface area (Å²) < 4.78 is 35.1. The average Bonchev–Trinajstić information content (AvgIpc) is 3.10. The van der Waals surface area contributed by atoms with E-state index in [1.165, 1.54) is 10.5 Å². The minimum atomic E-state index is -1.28. The Hall–Kier alpha value is -4.22. The van der Waals surface area contributed by atoms with E-state index in [2.05, 4.69) is 15.8 Å². The van der Waals surface area contributed by atoms with Crippen molar-refractivity contribution < 1.29 is 33.0 Å². The summed E-state index contributed by atoms with van der Waals surface area (Å²) in [6.45, 7) is 7.34. The van der Waals surface area contributed by atoms with Crippen molar-refractivity contribution in [1.29, 1.82) is 0 Å². The Kier molecular flexibility index (Phi) is 7.46. The fourth-order valence-electron chi connectivity index (χ4n) is 3.52. The molecule has 0 radical (unpaired) electrons. The van der Waals surface area contributed by atoms with Crippen LogP contribution in [0.4, 0.5) is 13.6 Å². The van der Waals surface area contributed by atoms with Crippen molar-refractivity contribution in [3.63, 3.8) is 0 Å². The van der Waals surface area contributed by atoms with E-state index in [0.29, 0.717) is 11.3 Å². The number of pyridine rings is 1. The molecule has 0 saturated carbocycles. The first kappa shape index (κ1) is 26.4. The molecule has 0 spiro atoms. The highest BCUT2D eigenvalue weighted by molar-refractivity contribution is 5.96. The van der Waals surface area contributed by atoms with E-state index in [-0.39, 0.29) is 22.7 Å². The molecule has 3 aromatic rings. The van der Waals surface area contributed by atoms with Crippen LogP contribution >= 0.6 is 0 Å². The molecule has 2 heterocycles. The van der Waals surface area contributed by atoms with Gasteiger partial charge in [0.1, 0.15) is 30.5 Å². The number of fused-ring (bicyclic) bond motifs is 1. The number of aromatic nitrogens is 2. The molecule has 36 heavy (non-hydrogen) atoms. The smallest absolute Gasteiger partial charge is 0.408 e. The first-order valence-corrected chi connectivity index (χ1v) is 10.9. The number of nitrogens with zero attached hydrogens (tertiary/aromatic N) is 3. The topological polar surface area (TPSA) is 125 Å². The first-order chi connectivity index (χ1) is 16.8. The van der Waals surface area contributed by atoms with Crippen molar-refractivity contribution in [2.45, 2.75) is 46.8 Å². The Labute approximate surface area is 205 Å². The van der Waals surface area contributed by atoms with Crippen molar-refractivity contribution >= 4 is 23.6 Å². The Morgan fingerprint density at radius 2 is 1.78 bits per heavy atom. The monoisotopic (exact) mass is 503 g/mol. The van der Waals surface area contributed by atoms with Crippen LogP contribution in [0.3, 0.4) is 0 Å². The van der Waals surface area contributed by atoms with Gasteiger partial charge in [0.25, 0.3) is 11.8 Å². The van der Waals surface area contributed by atoms with E-state index in [1.807, 2.05) is 0 Å². The largest absolute Gasteiger partial charge is 0.485 e. The van der Waals surface area contributed by atoms with Gasteiger partial charge >= 0.3 is 6.09 Å². The van der Waals surface area contributed by atoms with Gasteiger partial charge in [0.2, 0.25) is 0 Å². The number of rotatable bonds is 6. The van der Waals surface area contributed by atoms with Crippen LogP contribution in [0, 0.1) is 25.5 Å². The number of ether oxygens (including phenoxy) is 1. The van der Waals surface area contributed by atoms with Gasteiger partial charge in [-0.25, -0.2) is 18.6 Å². The Morgan fingerprint density at radius 3 is 2.36 bits per heavy atom. The summed E-state index contributed by atoms with van der Waals surface area (Å²) in [5, 5.41) is 9.33. The highest BCUT2D eigenvalue weighted by atomic mass is 19.1. The van der Waals surface area contributed by atoms with Crippen LogP contribution in [-0.2, 0) is 11.4 Å². The zero-order valence-corrected chi connectivity index (χ0v) is 20.5. The highest BCUT2D eigenvalue weighted by Crippen LogP contribution is 2.26. The predicted molar refractivity (Wildman–Crippen MR) is 125 cm³/mol. The molecular weight excluding hydrogens is 476 g/mol. The number of carbonyl (C=O) groups is 3. The summed E-state index contributed by atoms with van der Waals surface area (Å²) in [6.07, 6.45) is 0.342. The summed E-state index contributed by atoms with van der Waals surface area (Å²) in [4.78, 5) is 41.9. The first-order valence-electron chi connectivity index (χ1n) is 10.9. The third-order valence-electron chi connectivity index (χ3n) is 5.30. The summed E-state index contributed by atoms with van der Waals surface area (Å²) in [7, 11) is 0. The van der Waals surface area contributed by atoms with E-state index in [1.54, 1.807) is 46.9 Å². The van der Waals surface area contributed by atoms with Gasteiger partial charge in [-0.15, -0.1) is 0 Å². The molecule has 10 nitrogen and oxygen atoms in total. The molecule has 0 aliphatic heterocycles. The van der Waals surface area contributed by atoms with Crippen LogP contribution < -0.4 is 15.6 Å². The zero-order chi connectivity index (χ0) is 26.8. The number of halogens is 2. The average molecular weight is 504 g/mol. The summed E-state index contributed by atoms with van der Waals surface area (Å²) >= 11 is 0. The lowest BCUT2D eigenvalue weighted by Gasteiger charge is -2.32. The molecule has 0 saturated heterocycles. The summed E-state index contributed by atoms with van der Waals surface area (Å²) in [5.74, 6) is -2.74. The maximum absolute atomic E-state index is 14.0. The maximum Gasteiger partial charge on any atom is 0.408 e. The van der Waals surface area contributed by atoms with Gasteiger partial charge in [0, 0.05) is 11.7 Å². The quantitative estimate of drug-likeness (QED) is 0.443. The normalized spacial score (nSPS) is 11.3. The van der Waals surface area contributed by atoms with Gasteiger partial charge in [0.15, 0.2) is 11.4 Å². The SMILES string of the molecule is Cc1cc(OCc2c(F)cccc2F)c2nc(C)c(C(=O)NNC(=O)CN(C(=O)O)C(C)(C)C)n2c1. The number of aryl methyl sites for hydroxylation is 2. The van der Waals surface area contributed by atoms with Crippen molar-refractivity contribution in [2.24, 2.45) is 0 Å². The maximum atomic E-state index is 14.0. The van der Waals surface area contributed by atoms with Crippen LogP contribution in [0.1, 0.15) is 48.1 Å². The van der Waals surface area contributed by atoms with Crippen LogP contribution in [0.15, 0.2) is 30.5 Å². The second-order valence-electron chi connectivity index (χ2n) is 9.15. The molecule has 0 bridgehead atoms. The van der Waals surface area contributed by atoms with Crippen molar-refractivity contribution in [3.8, 4) is 5.75 Å². The van der Waals surface area contributed by atoms with Crippen molar-refractivity contribution in [1.82, 2.24) is 25.1 Å². The molecule has 1 aromatic carbocycles. The van der Waals surface area contributed by atoms with Crippen LogP contribution in [0.2, 0.25) is 0 Å². The number of nitrogens with one attached hydrogen (secondary N) is 2. The van der Waals surface area contributed by atoms with Crippen LogP contribution in [-0.4, -0.2) is 49.4 Å². The number of amides is 3. The van der Waals surface area contributed by atoms with E-state index >= 15 is 0 Å². The van der Waals surface area contributed by atoms with Crippen molar-refractivity contribution in [3.05, 3.63) is 64.6 Å². The molecule has 0 aliphatic carbocycles. The standard InChI is InChI=1S/C24H27F2N5O5/c1-13-9-18(36-12-15-16(25)7-6-8-17(15)26)21-27-14(2)20(30(21)10-13)22(33)29-28-19(32)11-31(23(34)35)24(3,4)5/h6-10H,11-12H2,1-5H3,(H,28,32)(H,29,33)(H,34,35). The molecule has 192 valence electrons. The second-order valence-corrected chi connectivity index (χ2v) is 9.15. The number of carbonyl (C=O) groups excluding carboxylic acids is 2. The van der Waals surface area contributed by atoms with E-state index in [4.69, 9.17) is 4.74 Å². The Bertz CT molecular complexity index is 1310. The number of imidazole rings is 1. The lowest BCUT2D eigenvalue weighted by atomic mass is 10.1. The van der Waals surface area contributed by atoms with Gasteiger partial charge in [0.05, 0.1) is 11.3 Å². The fourth-order valence-corrected chi connectivity index (χ4v) is 3.52. The number of hydrazine groups is 1. The lowest BCUT2D eigenvalue weighted by Crippen LogP contribution is -2.52. The third kappa shape index (κ3) is 5.70. The number of carboxylic acid groups (broad SMARTS) is 1. The molecule has 3 N–H and O–H groups in total. The molecule has 2 aromatic heterocycles. The molecule has 0 fully saturated rings. The van der Waals surface area contributed by atoms with Crippen LogP contribution in [0.5, 0.6) is 5.75 Å². The van der Waals surface area contributed by atoms with Gasteiger partial charge < -0.3 is 9.84 Å². The molecule has 0 atom stereocenters. The minimum absolute atomic E-state index is 0.0850. The third-order valence-corrected chi connectivity index (χ3v) is 5.30. The van der Waals surface area contributed by atoms with Crippen molar-refractivity contribution in [2.75, 3.05) is 6.54 Å². The van der Waals surface area contributed by atoms with Crippen LogP contribution in [0.25, 0.3) is 5.65 Å². The summed E-state index contributed by atoms with van der Waals surface area (Å²) in [5.41, 5.74) is 4.69. The predicted octanol–water partition coefficient (Wildman–Crippen LogP) is 3.35. The Morgan fingerprint density at radius 1 is 1.14 bits per heavy atom. The van der Waals surface area contributed by atoms with Gasteiger partial charge in [-0.3, -0.25) is 29.7 Å². The Balaban J connectivity index is 1.80. The molecular formula is C24H27F2N5O5. The molecule has 3 rings (SSSR count). The van der Waals surface area contributed by atoms with E-state index < -0.39 is 48.2 Å². The molecule has 12 heteroatoms. The highest BCUT2D eigenvalue weighted by Gasteiger charge is 2.28. The lowest BCUT2D eigenvalue weighted by molar-refractivity contribution is -0.123. The molecule has 0 aliphatic rings. The second kappa shape index (κ2) is 10.2. The van der Waals surface area contributed by atoms with E-state index in [0.717, 1.165) is 17.0 Å². The zero-order valence-electron chi connectivity index (χ0n) is 20.5.